The molecule has 0 bridgehead atoms. The molecule has 0 spiro atoms. The van der Waals surface area contributed by atoms with E-state index in [1.807, 2.05) is 56.3 Å². The van der Waals surface area contributed by atoms with Crippen LogP contribution in [-0.2, 0) is 4.79 Å². The Hall–Kier alpha value is -2.49. The third kappa shape index (κ3) is 3.75. The average Bonchev–Trinajstić information content (AvgIpc) is 2.48. The standard InChI is InChI=1S/C17H20N2O2/c1-3-21-16-10-5-4-9-15(16)19-17(20)12(2)13-7-6-8-14(18)11-13/h4-12H,3,18H2,1-2H3,(H,19,20). The van der Waals surface area contributed by atoms with Crippen molar-refractivity contribution in [2.24, 2.45) is 0 Å². The van der Waals surface area contributed by atoms with Gasteiger partial charge in [0.2, 0.25) is 5.91 Å². The van der Waals surface area contributed by atoms with Gasteiger partial charge in [0.15, 0.2) is 0 Å². The number of nitrogens with one attached hydrogen (secondary N) is 1. The number of para-hydroxylation sites is 2. The van der Waals surface area contributed by atoms with Crippen LogP contribution in [0.3, 0.4) is 0 Å². The van der Waals surface area contributed by atoms with Gasteiger partial charge in [-0.25, -0.2) is 0 Å². The Bertz CT molecular complexity index is 626. The minimum absolute atomic E-state index is 0.0900. The minimum atomic E-state index is -0.289. The maximum Gasteiger partial charge on any atom is 0.231 e. The molecule has 0 aromatic heterocycles. The quantitative estimate of drug-likeness (QED) is 0.827. The Balaban J connectivity index is 2.14. The molecule has 2 aromatic rings. The number of anilines is 2. The Morgan fingerprint density at radius 3 is 2.71 bits per heavy atom. The van der Waals surface area contributed by atoms with Gasteiger partial charge in [-0.15, -0.1) is 0 Å². The monoisotopic (exact) mass is 284 g/mol. The molecule has 1 atom stereocenters. The van der Waals surface area contributed by atoms with E-state index in [4.69, 9.17) is 10.5 Å². The number of nitrogen functional groups attached to an aromatic ring is 1. The fourth-order valence-electron chi connectivity index (χ4n) is 2.07. The van der Waals surface area contributed by atoms with Crippen LogP contribution in [0.2, 0.25) is 0 Å². The van der Waals surface area contributed by atoms with Crippen molar-refractivity contribution in [2.75, 3.05) is 17.7 Å². The van der Waals surface area contributed by atoms with E-state index in [0.717, 1.165) is 5.56 Å². The molecule has 0 aliphatic rings. The van der Waals surface area contributed by atoms with Gasteiger partial charge in [0.05, 0.1) is 18.2 Å². The lowest BCUT2D eigenvalue weighted by Gasteiger charge is -2.15. The highest BCUT2D eigenvalue weighted by Crippen LogP contribution is 2.26. The van der Waals surface area contributed by atoms with Gasteiger partial charge in [-0.3, -0.25) is 4.79 Å². The molecule has 0 aliphatic carbocycles. The van der Waals surface area contributed by atoms with Gasteiger partial charge in [-0.1, -0.05) is 24.3 Å². The Kier molecular flexibility index (Phi) is 4.82. The zero-order chi connectivity index (χ0) is 15.2. The molecule has 4 nitrogen and oxygen atoms in total. The number of nitrogens with two attached hydrogens (primary N) is 1. The smallest absolute Gasteiger partial charge is 0.231 e. The fraction of sp³-hybridized carbons (Fsp3) is 0.235. The second kappa shape index (κ2) is 6.79. The maximum absolute atomic E-state index is 12.4. The lowest BCUT2D eigenvalue weighted by atomic mass is 10.00. The second-order valence-electron chi connectivity index (χ2n) is 4.81. The summed E-state index contributed by atoms with van der Waals surface area (Å²) in [6, 6.07) is 14.8. The number of carbonyl (C=O) groups excluding carboxylic acids is 1. The van der Waals surface area contributed by atoms with E-state index in [1.165, 1.54) is 0 Å². The highest BCUT2D eigenvalue weighted by Gasteiger charge is 2.17. The summed E-state index contributed by atoms with van der Waals surface area (Å²) in [6.07, 6.45) is 0. The summed E-state index contributed by atoms with van der Waals surface area (Å²) in [7, 11) is 0. The van der Waals surface area contributed by atoms with Crippen molar-refractivity contribution in [3.05, 3.63) is 54.1 Å². The van der Waals surface area contributed by atoms with Crippen LogP contribution in [0.25, 0.3) is 0 Å². The lowest BCUT2D eigenvalue weighted by molar-refractivity contribution is -0.117. The lowest BCUT2D eigenvalue weighted by Crippen LogP contribution is -2.19. The number of rotatable bonds is 5. The van der Waals surface area contributed by atoms with Crippen molar-refractivity contribution in [1.82, 2.24) is 0 Å². The summed E-state index contributed by atoms with van der Waals surface area (Å²) in [4.78, 5) is 12.4. The van der Waals surface area contributed by atoms with Crippen molar-refractivity contribution in [3.63, 3.8) is 0 Å². The molecule has 0 aliphatic heterocycles. The second-order valence-corrected chi connectivity index (χ2v) is 4.81. The Labute approximate surface area is 124 Å². The van der Waals surface area contributed by atoms with Crippen molar-refractivity contribution in [1.29, 1.82) is 0 Å². The molecule has 3 N–H and O–H groups in total. The van der Waals surface area contributed by atoms with Crippen LogP contribution >= 0.6 is 0 Å². The molecule has 0 radical (unpaired) electrons. The van der Waals surface area contributed by atoms with Gasteiger partial charge in [0.1, 0.15) is 5.75 Å². The zero-order valence-corrected chi connectivity index (χ0v) is 12.3. The number of benzene rings is 2. The van der Waals surface area contributed by atoms with Crippen LogP contribution < -0.4 is 15.8 Å². The van der Waals surface area contributed by atoms with Gasteiger partial charge in [-0.2, -0.15) is 0 Å². The van der Waals surface area contributed by atoms with Gasteiger partial charge in [0, 0.05) is 5.69 Å². The molecule has 0 saturated carbocycles. The minimum Gasteiger partial charge on any atom is -0.492 e. The Morgan fingerprint density at radius 2 is 2.00 bits per heavy atom. The SMILES string of the molecule is CCOc1ccccc1NC(=O)C(C)c1cccc(N)c1. The van der Waals surface area contributed by atoms with Gasteiger partial charge < -0.3 is 15.8 Å². The summed E-state index contributed by atoms with van der Waals surface area (Å²) < 4.78 is 5.51. The first-order valence-electron chi connectivity index (χ1n) is 7.00. The molecule has 21 heavy (non-hydrogen) atoms. The third-order valence-corrected chi connectivity index (χ3v) is 3.25. The number of hydrogen-bond acceptors (Lipinski definition) is 3. The normalized spacial score (nSPS) is 11.7. The van der Waals surface area contributed by atoms with E-state index in [1.54, 1.807) is 6.07 Å². The van der Waals surface area contributed by atoms with Crippen LogP contribution in [0.5, 0.6) is 5.75 Å². The summed E-state index contributed by atoms with van der Waals surface area (Å²) >= 11 is 0. The van der Waals surface area contributed by atoms with Crippen molar-refractivity contribution in [3.8, 4) is 5.75 Å². The van der Waals surface area contributed by atoms with Crippen molar-refractivity contribution >= 4 is 17.3 Å². The molecule has 2 aromatic carbocycles. The molecule has 1 amide bonds. The molecular formula is C17H20N2O2. The van der Waals surface area contributed by atoms with Crippen molar-refractivity contribution in [2.45, 2.75) is 19.8 Å². The molecule has 2 rings (SSSR count). The van der Waals surface area contributed by atoms with Crippen molar-refractivity contribution < 1.29 is 9.53 Å². The van der Waals surface area contributed by atoms with Crippen LogP contribution in [0.15, 0.2) is 48.5 Å². The van der Waals surface area contributed by atoms with E-state index >= 15 is 0 Å². The molecular weight excluding hydrogens is 264 g/mol. The predicted molar refractivity (Wildman–Crippen MR) is 85.5 cm³/mol. The van der Waals surface area contributed by atoms with Crippen LogP contribution in [-0.4, -0.2) is 12.5 Å². The van der Waals surface area contributed by atoms with E-state index < -0.39 is 0 Å². The van der Waals surface area contributed by atoms with E-state index in [2.05, 4.69) is 5.32 Å². The average molecular weight is 284 g/mol. The van der Waals surface area contributed by atoms with Gasteiger partial charge >= 0.3 is 0 Å². The molecule has 4 heteroatoms. The largest absolute Gasteiger partial charge is 0.492 e. The number of hydrogen-bond donors (Lipinski definition) is 2. The van der Waals surface area contributed by atoms with Gasteiger partial charge in [-0.05, 0) is 43.7 Å². The first kappa shape index (κ1) is 14.9. The summed E-state index contributed by atoms with van der Waals surface area (Å²) in [5.74, 6) is 0.295. The van der Waals surface area contributed by atoms with E-state index in [0.29, 0.717) is 23.7 Å². The molecule has 0 saturated heterocycles. The maximum atomic E-state index is 12.4. The molecule has 1 unspecified atom stereocenters. The molecule has 0 heterocycles. The van der Waals surface area contributed by atoms with Gasteiger partial charge in [0.25, 0.3) is 0 Å². The molecule has 110 valence electrons. The summed E-state index contributed by atoms with van der Waals surface area (Å²) in [5.41, 5.74) is 7.99. The van der Waals surface area contributed by atoms with E-state index in [9.17, 15) is 4.79 Å². The first-order valence-corrected chi connectivity index (χ1v) is 7.00. The van der Waals surface area contributed by atoms with Crippen LogP contribution in [0.1, 0.15) is 25.3 Å². The fourth-order valence-corrected chi connectivity index (χ4v) is 2.07. The van der Waals surface area contributed by atoms with Crippen LogP contribution in [0, 0.1) is 0 Å². The first-order chi connectivity index (χ1) is 10.1. The Morgan fingerprint density at radius 1 is 1.24 bits per heavy atom. The number of amides is 1. The predicted octanol–water partition coefficient (Wildman–Crippen LogP) is 3.41. The van der Waals surface area contributed by atoms with Crippen LogP contribution in [0.4, 0.5) is 11.4 Å². The van der Waals surface area contributed by atoms with E-state index in [-0.39, 0.29) is 11.8 Å². The topological polar surface area (TPSA) is 64.3 Å². The molecule has 0 fully saturated rings. The third-order valence-electron chi connectivity index (χ3n) is 3.25. The zero-order valence-electron chi connectivity index (χ0n) is 12.3. The summed E-state index contributed by atoms with van der Waals surface area (Å²) in [5, 5.41) is 2.91. The number of ether oxygens (including phenoxy) is 1. The highest BCUT2D eigenvalue weighted by molar-refractivity contribution is 5.96. The highest BCUT2D eigenvalue weighted by atomic mass is 16.5. The number of carbonyl (C=O) groups is 1. The summed E-state index contributed by atoms with van der Waals surface area (Å²) in [6.45, 7) is 4.32.